The van der Waals surface area contributed by atoms with Crippen molar-refractivity contribution in [2.45, 2.75) is 19.4 Å². The van der Waals surface area contributed by atoms with Gasteiger partial charge >= 0.3 is 0 Å². The Hall–Kier alpha value is -1.79. The van der Waals surface area contributed by atoms with Crippen LogP contribution in [-0.2, 0) is 11.2 Å². The first-order chi connectivity index (χ1) is 10.1. The van der Waals surface area contributed by atoms with Crippen LogP contribution in [0.1, 0.15) is 12.7 Å². The van der Waals surface area contributed by atoms with E-state index in [0.717, 1.165) is 0 Å². The van der Waals surface area contributed by atoms with Crippen LogP contribution in [0.3, 0.4) is 0 Å². The minimum atomic E-state index is -0.668. The molecule has 2 rings (SSSR count). The van der Waals surface area contributed by atoms with Gasteiger partial charge in [0.25, 0.3) is 5.91 Å². The van der Waals surface area contributed by atoms with Crippen molar-refractivity contribution < 1.29 is 9.53 Å². The fourth-order valence-corrected chi connectivity index (χ4v) is 2.07. The first-order valence-corrected chi connectivity index (χ1v) is 7.05. The summed E-state index contributed by atoms with van der Waals surface area (Å²) in [6.07, 6.45) is 1.32. The Balaban J connectivity index is 1.81. The molecule has 1 unspecified atom stereocenters. The molecule has 0 aliphatic carbocycles. The number of hydrogen-bond acceptors (Lipinski definition) is 4. The quantitative estimate of drug-likeness (QED) is 0.852. The second-order valence-electron chi connectivity index (χ2n) is 4.31. The summed E-state index contributed by atoms with van der Waals surface area (Å²) in [4.78, 5) is 15.9. The van der Waals surface area contributed by atoms with Gasteiger partial charge in [-0.3, -0.25) is 9.89 Å². The van der Waals surface area contributed by atoms with E-state index in [4.69, 9.17) is 27.9 Å². The van der Waals surface area contributed by atoms with Crippen molar-refractivity contribution in [3.8, 4) is 5.75 Å². The van der Waals surface area contributed by atoms with Gasteiger partial charge in [-0.2, -0.15) is 5.10 Å². The van der Waals surface area contributed by atoms with Crippen molar-refractivity contribution in [1.29, 1.82) is 0 Å². The second kappa shape index (κ2) is 7.28. The van der Waals surface area contributed by atoms with Crippen molar-refractivity contribution in [2.75, 3.05) is 6.54 Å². The summed E-state index contributed by atoms with van der Waals surface area (Å²) in [5, 5.41) is 10.1. The molecule has 2 aromatic rings. The van der Waals surface area contributed by atoms with Crippen LogP contribution in [0.5, 0.6) is 5.75 Å². The van der Waals surface area contributed by atoms with Gasteiger partial charge in [-0.1, -0.05) is 23.2 Å². The molecule has 0 aliphatic rings. The number of nitrogens with one attached hydrogen (secondary N) is 2. The van der Waals surface area contributed by atoms with Gasteiger partial charge in [0, 0.05) is 18.0 Å². The zero-order valence-corrected chi connectivity index (χ0v) is 12.8. The van der Waals surface area contributed by atoms with E-state index in [1.54, 1.807) is 25.1 Å². The number of carbonyl (C=O) groups excluding carboxylic acids is 1. The van der Waals surface area contributed by atoms with Crippen LogP contribution in [0, 0.1) is 0 Å². The van der Waals surface area contributed by atoms with E-state index in [-0.39, 0.29) is 5.91 Å². The molecular weight excluding hydrogens is 315 g/mol. The SMILES string of the molecule is CC(Oc1ccc(Cl)cc1Cl)C(=O)NCCc1ncn[nH]1. The Morgan fingerprint density at radius 3 is 2.95 bits per heavy atom. The topological polar surface area (TPSA) is 79.9 Å². The second-order valence-corrected chi connectivity index (χ2v) is 5.15. The van der Waals surface area contributed by atoms with Crippen molar-refractivity contribution in [3.05, 3.63) is 40.4 Å². The lowest BCUT2D eigenvalue weighted by atomic mass is 10.3. The number of hydrogen-bond donors (Lipinski definition) is 2. The Morgan fingerprint density at radius 1 is 1.48 bits per heavy atom. The molecule has 6 nitrogen and oxygen atoms in total. The standard InChI is InChI=1S/C13H14Cl2N4O2/c1-8(21-11-3-2-9(14)6-10(11)15)13(20)16-5-4-12-17-7-18-19-12/h2-3,6-8H,4-5H2,1H3,(H,16,20)(H,17,18,19). The summed E-state index contributed by atoms with van der Waals surface area (Å²) in [6.45, 7) is 2.09. The van der Waals surface area contributed by atoms with E-state index in [9.17, 15) is 4.79 Å². The summed E-state index contributed by atoms with van der Waals surface area (Å²) in [5.41, 5.74) is 0. The van der Waals surface area contributed by atoms with Crippen molar-refractivity contribution in [1.82, 2.24) is 20.5 Å². The summed E-state index contributed by atoms with van der Waals surface area (Å²) in [5.74, 6) is 0.893. The minimum Gasteiger partial charge on any atom is -0.479 e. The Morgan fingerprint density at radius 2 is 2.29 bits per heavy atom. The number of H-pyrrole nitrogens is 1. The highest BCUT2D eigenvalue weighted by atomic mass is 35.5. The van der Waals surface area contributed by atoms with Crippen LogP contribution >= 0.6 is 23.2 Å². The molecule has 0 radical (unpaired) electrons. The number of rotatable bonds is 6. The largest absolute Gasteiger partial charge is 0.479 e. The highest BCUT2D eigenvalue weighted by molar-refractivity contribution is 6.35. The number of nitrogens with zero attached hydrogens (tertiary/aromatic N) is 2. The third-order valence-electron chi connectivity index (χ3n) is 2.69. The average molecular weight is 329 g/mol. The molecule has 112 valence electrons. The summed E-state index contributed by atoms with van der Waals surface area (Å²) < 4.78 is 5.51. The molecule has 0 bridgehead atoms. The zero-order chi connectivity index (χ0) is 15.2. The van der Waals surface area contributed by atoms with Gasteiger partial charge < -0.3 is 10.1 Å². The lowest BCUT2D eigenvalue weighted by molar-refractivity contribution is -0.127. The summed E-state index contributed by atoms with van der Waals surface area (Å²) >= 11 is 11.8. The number of amides is 1. The molecule has 2 N–H and O–H groups in total. The van der Waals surface area contributed by atoms with Crippen LogP contribution in [0.2, 0.25) is 10.0 Å². The van der Waals surface area contributed by atoms with Gasteiger partial charge in [-0.05, 0) is 25.1 Å². The lowest BCUT2D eigenvalue weighted by Gasteiger charge is -2.15. The van der Waals surface area contributed by atoms with E-state index in [1.807, 2.05) is 0 Å². The van der Waals surface area contributed by atoms with Crippen LogP contribution in [0.25, 0.3) is 0 Å². The molecule has 0 spiro atoms. The Bertz CT molecular complexity index is 604. The molecule has 21 heavy (non-hydrogen) atoms. The van der Waals surface area contributed by atoms with Crippen LogP contribution in [0.15, 0.2) is 24.5 Å². The van der Waals surface area contributed by atoms with Gasteiger partial charge in [0.05, 0.1) is 5.02 Å². The van der Waals surface area contributed by atoms with E-state index in [2.05, 4.69) is 20.5 Å². The molecule has 0 saturated carbocycles. The number of carbonyl (C=O) groups is 1. The van der Waals surface area contributed by atoms with Crippen molar-refractivity contribution in [2.24, 2.45) is 0 Å². The molecule has 8 heteroatoms. The maximum absolute atomic E-state index is 11.9. The van der Waals surface area contributed by atoms with E-state index >= 15 is 0 Å². The number of halogens is 2. The first kappa shape index (κ1) is 15.6. The molecule has 0 aliphatic heterocycles. The lowest BCUT2D eigenvalue weighted by Crippen LogP contribution is -2.37. The molecule has 1 heterocycles. The molecule has 1 amide bonds. The smallest absolute Gasteiger partial charge is 0.260 e. The third-order valence-corrected chi connectivity index (χ3v) is 3.22. The van der Waals surface area contributed by atoms with E-state index in [0.29, 0.717) is 34.6 Å². The monoisotopic (exact) mass is 328 g/mol. The molecule has 0 saturated heterocycles. The van der Waals surface area contributed by atoms with Crippen molar-refractivity contribution >= 4 is 29.1 Å². The number of aromatic nitrogens is 3. The third kappa shape index (κ3) is 4.61. The fourth-order valence-electron chi connectivity index (χ4n) is 1.61. The first-order valence-electron chi connectivity index (χ1n) is 6.30. The van der Waals surface area contributed by atoms with Crippen LogP contribution < -0.4 is 10.1 Å². The molecule has 1 atom stereocenters. The molecule has 0 fully saturated rings. The highest BCUT2D eigenvalue weighted by Crippen LogP contribution is 2.28. The molecular formula is C13H14Cl2N4O2. The maximum Gasteiger partial charge on any atom is 0.260 e. The summed E-state index contributed by atoms with van der Waals surface area (Å²) in [6, 6.07) is 4.84. The van der Waals surface area contributed by atoms with Gasteiger partial charge in [-0.15, -0.1) is 0 Å². The fraction of sp³-hybridized carbons (Fsp3) is 0.308. The van der Waals surface area contributed by atoms with Crippen molar-refractivity contribution in [3.63, 3.8) is 0 Å². The van der Waals surface area contributed by atoms with Gasteiger partial charge in [-0.25, -0.2) is 4.98 Å². The molecule has 1 aromatic carbocycles. The maximum atomic E-state index is 11.9. The Labute approximate surface area is 131 Å². The highest BCUT2D eigenvalue weighted by Gasteiger charge is 2.15. The van der Waals surface area contributed by atoms with E-state index < -0.39 is 6.10 Å². The molecule has 1 aromatic heterocycles. The van der Waals surface area contributed by atoms with Crippen LogP contribution in [0.4, 0.5) is 0 Å². The number of ether oxygens (including phenoxy) is 1. The average Bonchev–Trinajstić information content (AvgIpc) is 2.95. The normalized spacial score (nSPS) is 12.0. The summed E-state index contributed by atoms with van der Waals surface area (Å²) in [7, 11) is 0. The number of benzene rings is 1. The zero-order valence-electron chi connectivity index (χ0n) is 11.3. The predicted octanol–water partition coefficient (Wildman–Crippen LogP) is 2.24. The van der Waals surface area contributed by atoms with Gasteiger partial charge in [0.15, 0.2) is 6.10 Å². The minimum absolute atomic E-state index is 0.236. The number of aromatic amines is 1. The Kier molecular flexibility index (Phi) is 5.41. The van der Waals surface area contributed by atoms with Gasteiger partial charge in [0.1, 0.15) is 17.9 Å². The van der Waals surface area contributed by atoms with E-state index in [1.165, 1.54) is 6.33 Å². The van der Waals surface area contributed by atoms with Gasteiger partial charge in [0.2, 0.25) is 0 Å². The van der Waals surface area contributed by atoms with Crippen LogP contribution in [-0.4, -0.2) is 33.7 Å². The predicted molar refractivity (Wildman–Crippen MR) is 79.6 cm³/mol.